The Balaban J connectivity index is 1.78. The van der Waals surface area contributed by atoms with Gasteiger partial charge in [-0.3, -0.25) is 0 Å². The summed E-state index contributed by atoms with van der Waals surface area (Å²) in [4.78, 5) is 14.3. The minimum absolute atomic E-state index is 0.154. The Bertz CT molecular complexity index is 1420. The van der Waals surface area contributed by atoms with Gasteiger partial charge in [0.1, 0.15) is 5.58 Å². The average molecular weight is 381 g/mol. The fourth-order valence-electron chi connectivity index (χ4n) is 4.30. The molecule has 6 rings (SSSR count). The van der Waals surface area contributed by atoms with E-state index in [1.165, 1.54) is 5.39 Å². The number of anilines is 2. The fraction of sp³-hybridized carbons (Fsp3) is 0.0417. The number of hydrogen-bond donors (Lipinski definition) is 1. The van der Waals surface area contributed by atoms with E-state index in [2.05, 4.69) is 41.0 Å². The van der Waals surface area contributed by atoms with Gasteiger partial charge in [-0.2, -0.15) is 0 Å². The molecule has 0 radical (unpaired) electrons. The highest BCUT2D eigenvalue weighted by Crippen LogP contribution is 2.49. The highest BCUT2D eigenvalue weighted by Gasteiger charge is 2.33. The molecule has 1 N–H and O–H groups in total. The molecule has 4 heteroatoms. The summed E-state index contributed by atoms with van der Waals surface area (Å²) in [6.45, 7) is 0. The normalized spacial score (nSPS) is 15.2. The summed E-state index contributed by atoms with van der Waals surface area (Å²) in [5.41, 5.74) is 4.04. The second-order valence-electron chi connectivity index (χ2n) is 7.00. The summed E-state index contributed by atoms with van der Waals surface area (Å²) in [6.07, 6.45) is 0. The van der Waals surface area contributed by atoms with Gasteiger partial charge in [0.25, 0.3) is 0 Å². The van der Waals surface area contributed by atoms with Gasteiger partial charge < -0.3 is 9.73 Å². The highest BCUT2D eigenvalue weighted by atomic mass is 32.1. The van der Waals surface area contributed by atoms with Crippen LogP contribution in [0.25, 0.3) is 21.7 Å². The summed E-state index contributed by atoms with van der Waals surface area (Å²) < 4.78 is 5.72. The summed E-state index contributed by atoms with van der Waals surface area (Å²) in [6, 6.07) is 24.4. The first-order valence-electron chi connectivity index (χ1n) is 9.19. The van der Waals surface area contributed by atoms with Crippen LogP contribution >= 0.6 is 11.3 Å². The van der Waals surface area contributed by atoms with Crippen LogP contribution in [0.15, 0.2) is 87.4 Å². The molecule has 3 heterocycles. The van der Waals surface area contributed by atoms with E-state index in [1.54, 1.807) is 11.3 Å². The molecule has 0 bridgehead atoms. The Morgan fingerprint density at radius 3 is 2.50 bits per heavy atom. The number of nitrogens with one attached hydrogen (secondary N) is 1. The van der Waals surface area contributed by atoms with Crippen LogP contribution in [0.5, 0.6) is 0 Å². The number of rotatable bonds is 1. The van der Waals surface area contributed by atoms with E-state index < -0.39 is 0 Å². The Hall–Kier alpha value is -3.37. The van der Waals surface area contributed by atoms with Gasteiger partial charge in [0.15, 0.2) is 0 Å². The smallest absolute Gasteiger partial charge is 0.342 e. The van der Waals surface area contributed by atoms with E-state index in [4.69, 9.17) is 4.42 Å². The first-order valence-corrected chi connectivity index (χ1v) is 10.1. The fourth-order valence-corrected chi connectivity index (χ4v) is 5.14. The first-order chi connectivity index (χ1) is 13.8. The maximum atomic E-state index is 13.1. The lowest BCUT2D eigenvalue weighted by atomic mass is 9.82. The van der Waals surface area contributed by atoms with Crippen molar-refractivity contribution in [3.63, 3.8) is 0 Å². The molecular weight excluding hydrogens is 366 g/mol. The van der Waals surface area contributed by atoms with Crippen LogP contribution < -0.4 is 10.9 Å². The van der Waals surface area contributed by atoms with Crippen LogP contribution in [-0.2, 0) is 0 Å². The molecule has 0 saturated carbocycles. The van der Waals surface area contributed by atoms with Gasteiger partial charge in [-0.25, -0.2) is 4.79 Å². The molecule has 1 aliphatic heterocycles. The zero-order chi connectivity index (χ0) is 18.7. The third kappa shape index (κ3) is 2.12. The van der Waals surface area contributed by atoms with Gasteiger partial charge in [-0.15, -0.1) is 11.3 Å². The van der Waals surface area contributed by atoms with Gasteiger partial charge >= 0.3 is 5.63 Å². The predicted octanol–water partition coefficient (Wildman–Crippen LogP) is 6.24. The zero-order valence-corrected chi connectivity index (χ0v) is 15.6. The topological polar surface area (TPSA) is 42.2 Å². The van der Waals surface area contributed by atoms with E-state index in [9.17, 15) is 4.79 Å². The lowest BCUT2D eigenvalue weighted by Gasteiger charge is -2.29. The minimum Gasteiger partial charge on any atom is -0.422 e. The van der Waals surface area contributed by atoms with Crippen molar-refractivity contribution in [1.82, 2.24) is 0 Å². The number of thiophene rings is 1. The Morgan fingerprint density at radius 2 is 1.64 bits per heavy atom. The molecule has 0 aliphatic carbocycles. The van der Waals surface area contributed by atoms with E-state index in [0.29, 0.717) is 11.1 Å². The van der Waals surface area contributed by atoms with Gasteiger partial charge in [-0.1, -0.05) is 48.5 Å². The molecule has 1 atom stereocenters. The minimum atomic E-state index is -0.279. The second-order valence-corrected chi connectivity index (χ2v) is 7.97. The number of fused-ring (bicyclic) bond motifs is 6. The Kier molecular flexibility index (Phi) is 3.25. The van der Waals surface area contributed by atoms with Crippen molar-refractivity contribution in [2.75, 3.05) is 5.32 Å². The lowest BCUT2D eigenvalue weighted by Crippen LogP contribution is -2.22. The van der Waals surface area contributed by atoms with Crippen molar-refractivity contribution in [3.05, 3.63) is 105 Å². The van der Waals surface area contributed by atoms with Crippen molar-refractivity contribution in [2.45, 2.75) is 5.92 Å². The first kappa shape index (κ1) is 15.7. The van der Waals surface area contributed by atoms with E-state index in [0.717, 1.165) is 32.6 Å². The van der Waals surface area contributed by atoms with Gasteiger partial charge in [0, 0.05) is 16.0 Å². The third-order valence-corrected chi connectivity index (χ3v) is 6.42. The Labute approximate surface area is 164 Å². The molecule has 0 fully saturated rings. The third-order valence-electron chi connectivity index (χ3n) is 5.48. The molecule has 0 spiro atoms. The Morgan fingerprint density at radius 1 is 0.821 bits per heavy atom. The summed E-state index contributed by atoms with van der Waals surface area (Å²) in [5, 5.41) is 8.86. The van der Waals surface area contributed by atoms with Crippen molar-refractivity contribution in [2.24, 2.45) is 0 Å². The highest BCUT2D eigenvalue weighted by molar-refractivity contribution is 7.10. The van der Waals surface area contributed by atoms with Crippen LogP contribution in [0, 0.1) is 0 Å². The van der Waals surface area contributed by atoms with Gasteiger partial charge in [-0.05, 0) is 46.0 Å². The van der Waals surface area contributed by atoms with Crippen LogP contribution in [0.4, 0.5) is 11.4 Å². The van der Waals surface area contributed by atoms with Crippen molar-refractivity contribution >= 4 is 44.5 Å². The summed E-state index contributed by atoms with van der Waals surface area (Å²) >= 11 is 1.67. The molecule has 0 unspecified atom stereocenters. The van der Waals surface area contributed by atoms with Crippen molar-refractivity contribution in [1.29, 1.82) is 0 Å². The van der Waals surface area contributed by atoms with Crippen LogP contribution in [0.3, 0.4) is 0 Å². The molecule has 2 aromatic heterocycles. The van der Waals surface area contributed by atoms with Crippen LogP contribution in [-0.4, -0.2) is 0 Å². The van der Waals surface area contributed by atoms with E-state index in [1.807, 2.05) is 42.5 Å². The molecule has 134 valence electrons. The summed E-state index contributed by atoms with van der Waals surface area (Å²) in [7, 11) is 0. The van der Waals surface area contributed by atoms with Crippen LogP contribution in [0.1, 0.15) is 21.9 Å². The average Bonchev–Trinajstić information content (AvgIpc) is 3.27. The van der Waals surface area contributed by atoms with E-state index in [-0.39, 0.29) is 11.5 Å². The number of benzene rings is 3. The number of para-hydroxylation sites is 1. The predicted molar refractivity (Wildman–Crippen MR) is 115 cm³/mol. The number of hydrogen-bond acceptors (Lipinski definition) is 4. The molecule has 28 heavy (non-hydrogen) atoms. The molecule has 0 amide bonds. The second kappa shape index (κ2) is 5.81. The van der Waals surface area contributed by atoms with Gasteiger partial charge in [0.2, 0.25) is 0 Å². The monoisotopic (exact) mass is 381 g/mol. The molecule has 0 saturated heterocycles. The quantitative estimate of drug-likeness (QED) is 0.343. The lowest BCUT2D eigenvalue weighted by molar-refractivity contribution is 0.549. The van der Waals surface area contributed by atoms with Gasteiger partial charge in [0.05, 0.1) is 17.2 Å². The SMILES string of the molecule is O=c1oc2ccccc2c2c1[C@@H](c1cccs1)c1c(ccc3ccccc13)N2. The molecule has 1 aliphatic rings. The van der Waals surface area contributed by atoms with Crippen LogP contribution in [0.2, 0.25) is 0 Å². The van der Waals surface area contributed by atoms with E-state index >= 15 is 0 Å². The largest absolute Gasteiger partial charge is 0.422 e. The summed E-state index contributed by atoms with van der Waals surface area (Å²) in [5.74, 6) is -0.154. The molecule has 3 nitrogen and oxygen atoms in total. The maximum Gasteiger partial charge on any atom is 0.342 e. The zero-order valence-electron chi connectivity index (χ0n) is 14.8. The van der Waals surface area contributed by atoms with Crippen molar-refractivity contribution in [3.8, 4) is 0 Å². The maximum absolute atomic E-state index is 13.1. The standard InChI is InChI=1S/C24H15NO2S/c26-24-22-21(19-10-5-13-28-19)20-15-7-2-1-6-14(15)11-12-17(20)25-23(22)16-8-3-4-9-18(16)27-24/h1-13,21,25H/t21-/m0/s1. The van der Waals surface area contributed by atoms with Crippen molar-refractivity contribution < 1.29 is 4.42 Å². The molecule has 5 aromatic rings. The molecule has 3 aromatic carbocycles. The molecular formula is C24H15NO2S.